The monoisotopic (exact) mass is 341 g/mol. The minimum atomic E-state index is -0.871. The van der Waals surface area contributed by atoms with E-state index in [0.29, 0.717) is 5.56 Å². The van der Waals surface area contributed by atoms with Gasteiger partial charge in [0.2, 0.25) is 0 Å². The van der Waals surface area contributed by atoms with Crippen molar-refractivity contribution in [2.24, 2.45) is 0 Å². The zero-order valence-electron chi connectivity index (χ0n) is 15.1. The average Bonchev–Trinajstić information content (AvgIpc) is 2.62. The number of carbonyl (C=O) groups is 1. The molecular weight excluding hydrogens is 314 g/mol. The van der Waals surface area contributed by atoms with Crippen molar-refractivity contribution in [2.75, 3.05) is 19.7 Å². The van der Waals surface area contributed by atoms with E-state index in [1.54, 1.807) is 6.07 Å². The molecule has 1 heterocycles. The van der Waals surface area contributed by atoms with Crippen molar-refractivity contribution < 1.29 is 14.6 Å². The SMILES string of the molecule is CCCN1CC[C@H](OCC)C[C@H]1c1ccc(C(=O)O)c2ccccc12. The molecule has 0 aromatic heterocycles. The lowest BCUT2D eigenvalue weighted by atomic mass is 9.88. The van der Waals surface area contributed by atoms with Gasteiger partial charge in [0.15, 0.2) is 0 Å². The van der Waals surface area contributed by atoms with Crippen LogP contribution in [0.25, 0.3) is 10.8 Å². The average molecular weight is 341 g/mol. The second kappa shape index (κ2) is 7.98. The molecule has 25 heavy (non-hydrogen) atoms. The Labute approximate surface area is 149 Å². The Kier molecular flexibility index (Phi) is 5.71. The van der Waals surface area contributed by atoms with Gasteiger partial charge in [0.05, 0.1) is 11.7 Å². The maximum absolute atomic E-state index is 11.6. The minimum Gasteiger partial charge on any atom is -0.478 e. The number of nitrogens with zero attached hydrogens (tertiary/aromatic N) is 1. The Morgan fingerprint density at radius 2 is 1.96 bits per heavy atom. The molecule has 0 radical (unpaired) electrons. The van der Waals surface area contributed by atoms with Gasteiger partial charge in [0.1, 0.15) is 0 Å². The maximum atomic E-state index is 11.6. The summed E-state index contributed by atoms with van der Waals surface area (Å²) in [5.41, 5.74) is 1.59. The predicted molar refractivity (Wildman–Crippen MR) is 100 cm³/mol. The molecule has 0 saturated carbocycles. The van der Waals surface area contributed by atoms with Crippen LogP contribution in [0.4, 0.5) is 0 Å². The number of likely N-dealkylation sites (tertiary alicyclic amines) is 1. The molecule has 2 atom stereocenters. The highest BCUT2D eigenvalue weighted by atomic mass is 16.5. The summed E-state index contributed by atoms with van der Waals surface area (Å²) in [6.45, 7) is 7.07. The number of piperidine rings is 1. The molecule has 4 heteroatoms. The van der Waals surface area contributed by atoms with Crippen LogP contribution in [0.2, 0.25) is 0 Å². The molecule has 1 fully saturated rings. The first kappa shape index (κ1) is 17.9. The molecule has 2 aromatic rings. The fourth-order valence-corrected chi connectivity index (χ4v) is 4.05. The maximum Gasteiger partial charge on any atom is 0.336 e. The molecule has 1 saturated heterocycles. The van der Waals surface area contributed by atoms with Gasteiger partial charge in [0, 0.05) is 19.2 Å². The molecule has 0 unspecified atom stereocenters. The topological polar surface area (TPSA) is 49.8 Å². The van der Waals surface area contributed by atoms with Crippen LogP contribution in [0.1, 0.15) is 55.1 Å². The van der Waals surface area contributed by atoms with Gasteiger partial charge in [-0.05, 0) is 55.1 Å². The summed E-state index contributed by atoms with van der Waals surface area (Å²) in [7, 11) is 0. The van der Waals surface area contributed by atoms with Gasteiger partial charge in [-0.1, -0.05) is 37.3 Å². The van der Waals surface area contributed by atoms with Crippen molar-refractivity contribution in [3.8, 4) is 0 Å². The van der Waals surface area contributed by atoms with Crippen LogP contribution in [0, 0.1) is 0 Å². The van der Waals surface area contributed by atoms with Crippen LogP contribution in [0.5, 0.6) is 0 Å². The second-order valence-electron chi connectivity index (χ2n) is 6.71. The Morgan fingerprint density at radius 3 is 2.64 bits per heavy atom. The van der Waals surface area contributed by atoms with Crippen molar-refractivity contribution in [1.29, 1.82) is 0 Å². The number of ether oxygens (including phenoxy) is 1. The molecule has 0 amide bonds. The molecule has 0 bridgehead atoms. The number of rotatable bonds is 6. The molecule has 2 aromatic carbocycles. The quantitative estimate of drug-likeness (QED) is 0.841. The highest BCUT2D eigenvalue weighted by Crippen LogP contribution is 2.37. The van der Waals surface area contributed by atoms with Crippen molar-refractivity contribution in [2.45, 2.75) is 45.3 Å². The van der Waals surface area contributed by atoms with E-state index < -0.39 is 5.97 Å². The minimum absolute atomic E-state index is 0.276. The molecule has 3 rings (SSSR count). The van der Waals surface area contributed by atoms with Gasteiger partial charge in [-0.15, -0.1) is 0 Å². The molecule has 1 aliphatic rings. The Balaban J connectivity index is 2.05. The third-order valence-corrected chi connectivity index (χ3v) is 5.13. The first-order chi connectivity index (χ1) is 12.2. The molecule has 134 valence electrons. The van der Waals surface area contributed by atoms with Crippen molar-refractivity contribution in [1.82, 2.24) is 4.90 Å². The fourth-order valence-electron chi connectivity index (χ4n) is 4.05. The number of fused-ring (bicyclic) bond motifs is 1. The number of carboxylic acid groups (broad SMARTS) is 1. The van der Waals surface area contributed by atoms with Crippen LogP contribution >= 0.6 is 0 Å². The number of aromatic carboxylic acids is 1. The number of carboxylic acids is 1. The standard InChI is InChI=1S/C21H27NO3/c1-3-12-22-13-11-15(25-4-2)14-20(22)18-9-10-19(21(23)24)17-8-6-5-7-16(17)18/h5-10,15,20H,3-4,11-14H2,1-2H3,(H,23,24)/t15-,20-/m0/s1. The lowest BCUT2D eigenvalue weighted by molar-refractivity contribution is -0.0107. The van der Waals surface area contributed by atoms with E-state index in [9.17, 15) is 9.90 Å². The molecule has 1 N–H and O–H groups in total. The van der Waals surface area contributed by atoms with Crippen LogP contribution in [-0.2, 0) is 4.74 Å². The van der Waals surface area contributed by atoms with Gasteiger partial charge < -0.3 is 9.84 Å². The Hall–Kier alpha value is -1.91. The van der Waals surface area contributed by atoms with Crippen LogP contribution in [-0.4, -0.2) is 41.8 Å². The van der Waals surface area contributed by atoms with E-state index in [1.807, 2.05) is 37.3 Å². The van der Waals surface area contributed by atoms with Gasteiger partial charge >= 0.3 is 5.97 Å². The number of hydrogen-bond donors (Lipinski definition) is 1. The zero-order chi connectivity index (χ0) is 17.8. The lowest BCUT2D eigenvalue weighted by Gasteiger charge is -2.40. The summed E-state index contributed by atoms with van der Waals surface area (Å²) in [6, 6.07) is 11.9. The molecule has 0 spiro atoms. The van der Waals surface area contributed by atoms with E-state index in [4.69, 9.17) is 4.74 Å². The summed E-state index contributed by atoms with van der Waals surface area (Å²) in [5.74, 6) is -0.871. The third kappa shape index (κ3) is 3.70. The third-order valence-electron chi connectivity index (χ3n) is 5.13. The van der Waals surface area contributed by atoms with Gasteiger partial charge in [-0.25, -0.2) is 4.79 Å². The summed E-state index contributed by atoms with van der Waals surface area (Å²) in [4.78, 5) is 14.1. The number of hydrogen-bond acceptors (Lipinski definition) is 3. The predicted octanol–water partition coefficient (Wildman–Crippen LogP) is 4.49. The van der Waals surface area contributed by atoms with E-state index in [-0.39, 0.29) is 12.1 Å². The normalized spacial score (nSPS) is 21.5. The van der Waals surface area contributed by atoms with Crippen LogP contribution in [0.3, 0.4) is 0 Å². The Bertz CT molecular complexity index is 743. The van der Waals surface area contributed by atoms with Crippen LogP contribution in [0.15, 0.2) is 36.4 Å². The highest BCUT2D eigenvalue weighted by molar-refractivity contribution is 6.04. The van der Waals surface area contributed by atoms with Crippen molar-refractivity contribution in [3.63, 3.8) is 0 Å². The van der Waals surface area contributed by atoms with Crippen molar-refractivity contribution >= 4 is 16.7 Å². The molecular formula is C21H27NO3. The summed E-state index contributed by atoms with van der Waals surface area (Å²) >= 11 is 0. The van der Waals surface area contributed by atoms with E-state index in [0.717, 1.165) is 49.7 Å². The van der Waals surface area contributed by atoms with Gasteiger partial charge in [0.25, 0.3) is 0 Å². The van der Waals surface area contributed by atoms with E-state index in [2.05, 4.69) is 11.8 Å². The summed E-state index contributed by atoms with van der Waals surface area (Å²) in [6.07, 6.45) is 3.42. The molecule has 4 nitrogen and oxygen atoms in total. The van der Waals surface area contributed by atoms with Gasteiger partial charge in [-0.2, -0.15) is 0 Å². The zero-order valence-corrected chi connectivity index (χ0v) is 15.1. The van der Waals surface area contributed by atoms with Crippen molar-refractivity contribution in [3.05, 3.63) is 47.5 Å². The smallest absolute Gasteiger partial charge is 0.336 e. The summed E-state index contributed by atoms with van der Waals surface area (Å²) < 4.78 is 5.91. The lowest BCUT2D eigenvalue weighted by Crippen LogP contribution is -2.40. The molecule has 0 aliphatic carbocycles. The number of benzene rings is 2. The van der Waals surface area contributed by atoms with E-state index in [1.165, 1.54) is 5.56 Å². The van der Waals surface area contributed by atoms with Crippen LogP contribution < -0.4 is 0 Å². The Morgan fingerprint density at radius 1 is 1.20 bits per heavy atom. The first-order valence-electron chi connectivity index (χ1n) is 9.26. The largest absolute Gasteiger partial charge is 0.478 e. The highest BCUT2D eigenvalue weighted by Gasteiger charge is 2.30. The van der Waals surface area contributed by atoms with E-state index >= 15 is 0 Å². The second-order valence-corrected chi connectivity index (χ2v) is 6.71. The first-order valence-corrected chi connectivity index (χ1v) is 9.26. The summed E-state index contributed by atoms with van der Waals surface area (Å²) in [5, 5.41) is 11.4. The fraction of sp³-hybridized carbons (Fsp3) is 0.476. The van der Waals surface area contributed by atoms with Gasteiger partial charge in [-0.3, -0.25) is 4.90 Å². The molecule has 1 aliphatic heterocycles.